The van der Waals surface area contributed by atoms with E-state index >= 15 is 0 Å². The average Bonchev–Trinajstić information content (AvgIpc) is 2.85. The molecule has 0 bridgehead atoms. The van der Waals surface area contributed by atoms with E-state index < -0.39 is 6.04 Å². The molecule has 106 valence electrons. The Labute approximate surface area is 117 Å². The van der Waals surface area contributed by atoms with Crippen LogP contribution in [0.5, 0.6) is 0 Å². The summed E-state index contributed by atoms with van der Waals surface area (Å²) in [5.74, 6) is 0.931. The Bertz CT molecular complexity index is 553. The molecule has 0 aliphatic heterocycles. The molecule has 0 aliphatic carbocycles. The monoisotopic (exact) mass is 274 g/mol. The lowest BCUT2D eigenvalue weighted by Gasteiger charge is -2.11. The van der Waals surface area contributed by atoms with Crippen LogP contribution in [-0.2, 0) is 17.6 Å². The second-order valence-corrected chi connectivity index (χ2v) is 4.57. The van der Waals surface area contributed by atoms with Crippen LogP contribution in [0.3, 0.4) is 0 Å². The van der Waals surface area contributed by atoms with Crippen molar-refractivity contribution in [2.75, 3.05) is 6.54 Å². The van der Waals surface area contributed by atoms with Gasteiger partial charge in [0.15, 0.2) is 5.82 Å². The maximum Gasteiger partial charge on any atom is 0.237 e. The van der Waals surface area contributed by atoms with Gasteiger partial charge >= 0.3 is 0 Å². The third-order valence-corrected chi connectivity index (χ3v) is 2.85. The van der Waals surface area contributed by atoms with E-state index in [9.17, 15) is 4.79 Å². The molecular weight excluding hydrogens is 256 g/mol. The molecule has 2 rings (SSSR count). The van der Waals surface area contributed by atoms with Gasteiger partial charge in [-0.15, -0.1) is 0 Å². The van der Waals surface area contributed by atoms with Crippen molar-refractivity contribution >= 4 is 5.91 Å². The maximum atomic E-state index is 11.8. The van der Waals surface area contributed by atoms with Crippen molar-refractivity contribution < 1.29 is 9.32 Å². The molecule has 0 aliphatic rings. The normalized spacial score (nSPS) is 12.1. The van der Waals surface area contributed by atoms with Gasteiger partial charge in [0.2, 0.25) is 11.8 Å². The van der Waals surface area contributed by atoms with Gasteiger partial charge in [0, 0.05) is 19.9 Å². The van der Waals surface area contributed by atoms with E-state index in [-0.39, 0.29) is 5.91 Å². The van der Waals surface area contributed by atoms with E-state index in [0.717, 1.165) is 5.56 Å². The first-order valence-corrected chi connectivity index (χ1v) is 6.51. The number of nitrogens with one attached hydrogen (secondary N) is 1. The molecule has 0 fully saturated rings. The maximum absolute atomic E-state index is 11.8. The van der Waals surface area contributed by atoms with Crippen molar-refractivity contribution in [3.8, 4) is 0 Å². The molecule has 0 saturated heterocycles. The first-order valence-electron chi connectivity index (χ1n) is 6.51. The SMILES string of the molecule is Cc1nc(CCNC(=O)[C@H](N)Cc2ccccc2)no1. The van der Waals surface area contributed by atoms with Gasteiger partial charge in [-0.1, -0.05) is 35.5 Å². The Morgan fingerprint density at radius 1 is 1.40 bits per heavy atom. The number of nitrogens with two attached hydrogens (primary N) is 1. The van der Waals surface area contributed by atoms with E-state index in [2.05, 4.69) is 15.5 Å². The highest BCUT2D eigenvalue weighted by molar-refractivity contribution is 5.81. The van der Waals surface area contributed by atoms with Crippen molar-refractivity contribution in [1.29, 1.82) is 0 Å². The largest absolute Gasteiger partial charge is 0.354 e. The molecule has 6 heteroatoms. The predicted octanol–water partition coefficient (Wildman–Crippen LogP) is 0.607. The van der Waals surface area contributed by atoms with Crippen LogP contribution in [-0.4, -0.2) is 28.6 Å². The van der Waals surface area contributed by atoms with E-state index in [4.69, 9.17) is 10.3 Å². The fraction of sp³-hybridized carbons (Fsp3) is 0.357. The van der Waals surface area contributed by atoms with Gasteiger partial charge in [0.05, 0.1) is 6.04 Å². The van der Waals surface area contributed by atoms with Gasteiger partial charge in [0.1, 0.15) is 0 Å². The highest BCUT2D eigenvalue weighted by atomic mass is 16.5. The fourth-order valence-electron chi connectivity index (χ4n) is 1.83. The summed E-state index contributed by atoms with van der Waals surface area (Å²) in [7, 11) is 0. The van der Waals surface area contributed by atoms with E-state index in [0.29, 0.717) is 31.1 Å². The lowest BCUT2D eigenvalue weighted by molar-refractivity contribution is -0.122. The van der Waals surface area contributed by atoms with E-state index in [1.807, 2.05) is 30.3 Å². The summed E-state index contributed by atoms with van der Waals surface area (Å²) in [5, 5.41) is 6.53. The molecule has 2 aromatic rings. The lowest BCUT2D eigenvalue weighted by Crippen LogP contribution is -2.42. The Balaban J connectivity index is 1.74. The number of hydrogen-bond donors (Lipinski definition) is 2. The molecule has 1 aromatic carbocycles. The summed E-state index contributed by atoms with van der Waals surface area (Å²) < 4.78 is 4.85. The smallest absolute Gasteiger partial charge is 0.237 e. The number of rotatable bonds is 6. The number of aryl methyl sites for hydroxylation is 1. The van der Waals surface area contributed by atoms with Crippen LogP contribution in [0.25, 0.3) is 0 Å². The Hall–Kier alpha value is -2.21. The molecule has 20 heavy (non-hydrogen) atoms. The molecule has 3 N–H and O–H groups in total. The van der Waals surface area contributed by atoms with Crippen LogP contribution < -0.4 is 11.1 Å². The number of carbonyl (C=O) groups is 1. The summed E-state index contributed by atoms with van der Waals surface area (Å²) >= 11 is 0. The number of benzene rings is 1. The van der Waals surface area contributed by atoms with Crippen LogP contribution in [0.2, 0.25) is 0 Å². The molecule has 0 saturated carbocycles. The molecule has 1 heterocycles. The number of aromatic nitrogens is 2. The van der Waals surface area contributed by atoms with Crippen LogP contribution in [0.1, 0.15) is 17.3 Å². The fourth-order valence-corrected chi connectivity index (χ4v) is 1.83. The van der Waals surface area contributed by atoms with Crippen molar-refractivity contribution in [1.82, 2.24) is 15.5 Å². The standard InChI is InChI=1S/C14H18N4O2/c1-10-17-13(18-20-10)7-8-16-14(19)12(15)9-11-5-3-2-4-6-11/h2-6,12H,7-9,15H2,1H3,(H,16,19)/t12-/m1/s1. The Kier molecular flexibility index (Phi) is 4.84. The van der Waals surface area contributed by atoms with Crippen molar-refractivity contribution in [2.24, 2.45) is 5.73 Å². The second kappa shape index (κ2) is 6.81. The number of hydrogen-bond acceptors (Lipinski definition) is 5. The number of nitrogens with zero attached hydrogens (tertiary/aromatic N) is 2. The van der Waals surface area contributed by atoms with Gasteiger partial charge in [-0.05, 0) is 12.0 Å². The summed E-state index contributed by atoms with van der Waals surface area (Å²) in [4.78, 5) is 15.9. The zero-order chi connectivity index (χ0) is 14.4. The van der Waals surface area contributed by atoms with Crippen molar-refractivity contribution in [3.63, 3.8) is 0 Å². The minimum absolute atomic E-state index is 0.172. The molecule has 1 amide bonds. The highest BCUT2D eigenvalue weighted by Crippen LogP contribution is 2.02. The summed E-state index contributed by atoms with van der Waals surface area (Å²) in [6.45, 7) is 2.17. The molecule has 0 spiro atoms. The van der Waals surface area contributed by atoms with Crippen LogP contribution >= 0.6 is 0 Å². The zero-order valence-corrected chi connectivity index (χ0v) is 11.4. The van der Waals surface area contributed by atoms with Crippen LogP contribution in [0, 0.1) is 6.92 Å². The van der Waals surface area contributed by atoms with E-state index in [1.165, 1.54) is 0 Å². The first kappa shape index (κ1) is 14.2. The van der Waals surface area contributed by atoms with Gasteiger partial charge in [-0.25, -0.2) is 0 Å². The van der Waals surface area contributed by atoms with Crippen LogP contribution in [0.15, 0.2) is 34.9 Å². The molecule has 6 nitrogen and oxygen atoms in total. The quantitative estimate of drug-likeness (QED) is 0.804. The highest BCUT2D eigenvalue weighted by Gasteiger charge is 2.13. The molecular formula is C14H18N4O2. The van der Waals surface area contributed by atoms with E-state index in [1.54, 1.807) is 6.92 Å². The van der Waals surface area contributed by atoms with Gasteiger partial charge in [-0.2, -0.15) is 4.98 Å². The zero-order valence-electron chi connectivity index (χ0n) is 11.4. The molecule has 0 radical (unpaired) electrons. The van der Waals surface area contributed by atoms with Crippen molar-refractivity contribution in [2.45, 2.75) is 25.8 Å². The Morgan fingerprint density at radius 3 is 2.80 bits per heavy atom. The predicted molar refractivity (Wildman–Crippen MR) is 73.9 cm³/mol. The molecule has 0 unspecified atom stereocenters. The van der Waals surface area contributed by atoms with Crippen molar-refractivity contribution in [3.05, 3.63) is 47.6 Å². The second-order valence-electron chi connectivity index (χ2n) is 4.57. The minimum atomic E-state index is -0.551. The molecule has 1 aromatic heterocycles. The Morgan fingerprint density at radius 2 is 2.15 bits per heavy atom. The summed E-state index contributed by atoms with van der Waals surface area (Å²) in [5.41, 5.74) is 6.92. The minimum Gasteiger partial charge on any atom is -0.354 e. The van der Waals surface area contributed by atoms with Gasteiger partial charge in [-0.3, -0.25) is 4.79 Å². The lowest BCUT2D eigenvalue weighted by atomic mass is 10.1. The third kappa shape index (κ3) is 4.17. The number of carbonyl (C=O) groups excluding carboxylic acids is 1. The summed E-state index contributed by atoms with van der Waals surface area (Å²) in [6.07, 6.45) is 1.05. The summed E-state index contributed by atoms with van der Waals surface area (Å²) in [6, 6.07) is 9.15. The molecule has 1 atom stereocenters. The van der Waals surface area contributed by atoms with Gasteiger partial charge < -0.3 is 15.6 Å². The van der Waals surface area contributed by atoms with Crippen LogP contribution in [0.4, 0.5) is 0 Å². The third-order valence-electron chi connectivity index (χ3n) is 2.85. The first-order chi connectivity index (χ1) is 9.65. The number of amides is 1. The van der Waals surface area contributed by atoms with Gasteiger partial charge in [0.25, 0.3) is 0 Å². The topological polar surface area (TPSA) is 94.0 Å². The average molecular weight is 274 g/mol.